The molecule has 0 bridgehead atoms. The van der Waals surface area contributed by atoms with Gasteiger partial charge >= 0.3 is 0 Å². The van der Waals surface area contributed by atoms with Crippen molar-refractivity contribution >= 4 is 0 Å². The maximum Gasteiger partial charge on any atom is 0.134 e. The molecule has 0 aliphatic carbocycles. The lowest BCUT2D eigenvalue weighted by Gasteiger charge is -2.17. The van der Waals surface area contributed by atoms with Crippen LogP contribution >= 0.6 is 0 Å². The van der Waals surface area contributed by atoms with Crippen molar-refractivity contribution in [1.82, 2.24) is 4.90 Å². The SMILES string of the molecule is C=CCN(CCO)Cc1ccc(-c2cccc(F)c2C)o1. The van der Waals surface area contributed by atoms with E-state index in [0.717, 1.165) is 11.3 Å². The molecule has 1 heterocycles. The molecule has 0 spiro atoms. The van der Waals surface area contributed by atoms with Crippen molar-refractivity contribution in [3.63, 3.8) is 0 Å². The van der Waals surface area contributed by atoms with Crippen molar-refractivity contribution in [2.24, 2.45) is 0 Å². The van der Waals surface area contributed by atoms with Gasteiger partial charge in [-0.25, -0.2) is 4.39 Å². The Kier molecular flexibility index (Phi) is 5.31. The van der Waals surface area contributed by atoms with Gasteiger partial charge in [-0.2, -0.15) is 0 Å². The van der Waals surface area contributed by atoms with E-state index in [1.165, 1.54) is 6.07 Å². The Morgan fingerprint density at radius 1 is 1.33 bits per heavy atom. The minimum Gasteiger partial charge on any atom is -0.460 e. The fourth-order valence-electron chi connectivity index (χ4n) is 2.26. The van der Waals surface area contributed by atoms with Crippen molar-refractivity contribution in [3.8, 4) is 11.3 Å². The van der Waals surface area contributed by atoms with E-state index in [0.29, 0.717) is 31.0 Å². The van der Waals surface area contributed by atoms with E-state index >= 15 is 0 Å². The van der Waals surface area contributed by atoms with Crippen LogP contribution in [0.1, 0.15) is 11.3 Å². The molecule has 0 aliphatic heterocycles. The van der Waals surface area contributed by atoms with Gasteiger partial charge in [-0.3, -0.25) is 4.90 Å². The lowest BCUT2D eigenvalue weighted by Crippen LogP contribution is -2.26. The van der Waals surface area contributed by atoms with Crippen LogP contribution in [0.5, 0.6) is 0 Å². The Hall–Kier alpha value is -1.91. The van der Waals surface area contributed by atoms with Gasteiger partial charge in [0.05, 0.1) is 13.2 Å². The molecule has 0 unspecified atom stereocenters. The highest BCUT2D eigenvalue weighted by atomic mass is 19.1. The molecule has 1 aromatic carbocycles. The molecule has 21 heavy (non-hydrogen) atoms. The molecular formula is C17H20FNO2. The lowest BCUT2D eigenvalue weighted by atomic mass is 10.1. The molecule has 1 N–H and O–H groups in total. The van der Waals surface area contributed by atoms with Crippen molar-refractivity contribution in [2.75, 3.05) is 19.7 Å². The monoisotopic (exact) mass is 289 g/mol. The van der Waals surface area contributed by atoms with Gasteiger partial charge in [0.1, 0.15) is 17.3 Å². The molecule has 112 valence electrons. The van der Waals surface area contributed by atoms with Crippen LogP contribution in [-0.4, -0.2) is 29.7 Å². The number of hydrogen-bond donors (Lipinski definition) is 1. The topological polar surface area (TPSA) is 36.6 Å². The molecule has 2 aromatic rings. The fraction of sp³-hybridized carbons (Fsp3) is 0.294. The van der Waals surface area contributed by atoms with Crippen LogP contribution in [0.25, 0.3) is 11.3 Å². The lowest BCUT2D eigenvalue weighted by molar-refractivity contribution is 0.194. The molecule has 2 rings (SSSR count). The Morgan fingerprint density at radius 2 is 2.14 bits per heavy atom. The Bertz CT molecular complexity index is 607. The number of aliphatic hydroxyl groups excluding tert-OH is 1. The number of aliphatic hydroxyl groups is 1. The molecule has 0 fully saturated rings. The summed E-state index contributed by atoms with van der Waals surface area (Å²) in [6.07, 6.45) is 1.79. The summed E-state index contributed by atoms with van der Waals surface area (Å²) >= 11 is 0. The van der Waals surface area contributed by atoms with Crippen LogP contribution in [0.4, 0.5) is 4.39 Å². The number of benzene rings is 1. The van der Waals surface area contributed by atoms with Gasteiger partial charge in [0.15, 0.2) is 0 Å². The largest absolute Gasteiger partial charge is 0.460 e. The van der Waals surface area contributed by atoms with Crippen LogP contribution in [0, 0.1) is 12.7 Å². The predicted molar refractivity (Wildman–Crippen MR) is 81.4 cm³/mol. The summed E-state index contributed by atoms with van der Waals surface area (Å²) in [7, 11) is 0. The van der Waals surface area contributed by atoms with Crippen LogP contribution < -0.4 is 0 Å². The van der Waals surface area contributed by atoms with E-state index in [-0.39, 0.29) is 12.4 Å². The maximum atomic E-state index is 13.6. The number of rotatable bonds is 7. The molecule has 1 aromatic heterocycles. The minimum absolute atomic E-state index is 0.0877. The van der Waals surface area contributed by atoms with Crippen LogP contribution in [0.15, 0.2) is 47.4 Å². The molecule has 0 radical (unpaired) electrons. The standard InChI is InChI=1S/C17H20FNO2/c1-3-9-19(10-11-20)12-14-7-8-17(21-14)15-5-4-6-16(18)13(15)2/h3-8,20H,1,9-12H2,2H3. The van der Waals surface area contributed by atoms with E-state index in [1.807, 2.05) is 23.1 Å². The molecule has 3 nitrogen and oxygen atoms in total. The van der Waals surface area contributed by atoms with E-state index in [9.17, 15) is 4.39 Å². The van der Waals surface area contributed by atoms with Gasteiger partial charge in [-0.1, -0.05) is 18.2 Å². The third-order valence-electron chi connectivity index (χ3n) is 3.38. The summed E-state index contributed by atoms with van der Waals surface area (Å²) in [5.41, 5.74) is 1.34. The first-order valence-electron chi connectivity index (χ1n) is 6.94. The molecule has 0 aliphatic rings. The van der Waals surface area contributed by atoms with Crippen LogP contribution in [0.3, 0.4) is 0 Å². The summed E-state index contributed by atoms with van der Waals surface area (Å²) in [5.74, 6) is 1.20. The Labute approximate surface area is 124 Å². The van der Waals surface area contributed by atoms with Gasteiger partial charge in [0, 0.05) is 18.7 Å². The average molecular weight is 289 g/mol. The third-order valence-corrected chi connectivity index (χ3v) is 3.38. The number of furan rings is 1. The number of nitrogens with zero attached hydrogens (tertiary/aromatic N) is 1. The van der Waals surface area contributed by atoms with Gasteiger partial charge in [-0.15, -0.1) is 6.58 Å². The van der Waals surface area contributed by atoms with E-state index in [1.54, 1.807) is 19.1 Å². The maximum absolute atomic E-state index is 13.6. The fourth-order valence-corrected chi connectivity index (χ4v) is 2.26. The first-order chi connectivity index (χ1) is 10.2. The van der Waals surface area contributed by atoms with E-state index < -0.39 is 0 Å². The van der Waals surface area contributed by atoms with Gasteiger partial charge in [0.2, 0.25) is 0 Å². The summed E-state index contributed by atoms with van der Waals surface area (Å²) in [6.45, 7) is 7.35. The highest BCUT2D eigenvalue weighted by Crippen LogP contribution is 2.27. The average Bonchev–Trinajstić information content (AvgIpc) is 2.91. The van der Waals surface area contributed by atoms with Gasteiger partial charge in [-0.05, 0) is 30.7 Å². The highest BCUT2D eigenvalue weighted by molar-refractivity contribution is 5.62. The first kappa shape index (κ1) is 15.5. The molecule has 0 saturated heterocycles. The Balaban J connectivity index is 2.17. The number of hydrogen-bond acceptors (Lipinski definition) is 3. The van der Waals surface area contributed by atoms with Gasteiger partial charge in [0.25, 0.3) is 0 Å². The second kappa shape index (κ2) is 7.20. The van der Waals surface area contributed by atoms with E-state index in [2.05, 4.69) is 6.58 Å². The van der Waals surface area contributed by atoms with Gasteiger partial charge < -0.3 is 9.52 Å². The Morgan fingerprint density at radius 3 is 2.86 bits per heavy atom. The summed E-state index contributed by atoms with van der Waals surface area (Å²) in [4.78, 5) is 2.02. The second-order valence-corrected chi connectivity index (χ2v) is 4.93. The smallest absolute Gasteiger partial charge is 0.134 e. The minimum atomic E-state index is -0.237. The zero-order valence-corrected chi connectivity index (χ0v) is 12.2. The summed E-state index contributed by atoms with van der Waals surface area (Å²) < 4.78 is 19.4. The molecule has 0 amide bonds. The molecule has 0 atom stereocenters. The first-order valence-corrected chi connectivity index (χ1v) is 6.94. The summed E-state index contributed by atoms with van der Waals surface area (Å²) in [5, 5.41) is 9.04. The second-order valence-electron chi connectivity index (χ2n) is 4.93. The zero-order chi connectivity index (χ0) is 15.2. The van der Waals surface area contributed by atoms with Crippen LogP contribution in [-0.2, 0) is 6.54 Å². The van der Waals surface area contributed by atoms with Crippen molar-refractivity contribution < 1.29 is 13.9 Å². The van der Waals surface area contributed by atoms with Crippen molar-refractivity contribution in [2.45, 2.75) is 13.5 Å². The molecular weight excluding hydrogens is 269 g/mol. The van der Waals surface area contributed by atoms with E-state index in [4.69, 9.17) is 9.52 Å². The normalized spacial score (nSPS) is 11.0. The molecule has 0 saturated carbocycles. The highest BCUT2D eigenvalue weighted by Gasteiger charge is 2.12. The van der Waals surface area contributed by atoms with Crippen LogP contribution in [0.2, 0.25) is 0 Å². The van der Waals surface area contributed by atoms with Crippen molar-refractivity contribution in [3.05, 3.63) is 60.1 Å². The zero-order valence-electron chi connectivity index (χ0n) is 12.2. The number of halogens is 1. The quantitative estimate of drug-likeness (QED) is 0.794. The molecule has 4 heteroatoms. The summed E-state index contributed by atoms with van der Waals surface area (Å²) in [6, 6.07) is 8.69. The third kappa shape index (κ3) is 3.80. The van der Waals surface area contributed by atoms with Crippen molar-refractivity contribution in [1.29, 1.82) is 0 Å². The predicted octanol–water partition coefficient (Wildman–Crippen LogP) is 3.37.